The van der Waals surface area contributed by atoms with Crippen LogP contribution in [-0.4, -0.2) is 19.5 Å². The highest BCUT2D eigenvalue weighted by atomic mass is 35.5. The lowest BCUT2D eigenvalue weighted by atomic mass is 10.2. The summed E-state index contributed by atoms with van der Waals surface area (Å²) < 4.78 is 26.9. The van der Waals surface area contributed by atoms with E-state index in [1.165, 1.54) is 0 Å². The lowest BCUT2D eigenvalue weighted by molar-refractivity contribution is 0.0697. The van der Waals surface area contributed by atoms with Gasteiger partial charge in [-0.3, -0.25) is 4.72 Å². The fraction of sp³-hybridized carbons (Fsp3) is 0. The van der Waals surface area contributed by atoms with Crippen molar-refractivity contribution in [2.24, 2.45) is 0 Å². The van der Waals surface area contributed by atoms with Gasteiger partial charge in [0, 0.05) is 10.7 Å². The van der Waals surface area contributed by atoms with Crippen LogP contribution in [0.3, 0.4) is 0 Å². The van der Waals surface area contributed by atoms with Gasteiger partial charge >= 0.3 is 5.97 Å². The second-order valence-electron chi connectivity index (χ2n) is 4.04. The van der Waals surface area contributed by atoms with Gasteiger partial charge in [0.25, 0.3) is 10.0 Å². The molecule has 21 heavy (non-hydrogen) atoms. The summed E-state index contributed by atoms with van der Waals surface area (Å²) in [6.45, 7) is 0. The average molecular weight is 346 g/mol. The van der Waals surface area contributed by atoms with Crippen LogP contribution < -0.4 is 4.72 Å². The van der Waals surface area contributed by atoms with Gasteiger partial charge in [-0.25, -0.2) is 13.2 Å². The van der Waals surface area contributed by atoms with Crippen LogP contribution in [0.2, 0.25) is 10.0 Å². The van der Waals surface area contributed by atoms with Gasteiger partial charge in [-0.1, -0.05) is 41.4 Å². The molecule has 0 amide bonds. The predicted molar refractivity (Wildman–Crippen MR) is 80.7 cm³/mol. The van der Waals surface area contributed by atoms with Crippen LogP contribution in [0.1, 0.15) is 10.4 Å². The van der Waals surface area contributed by atoms with Crippen molar-refractivity contribution in [1.82, 2.24) is 0 Å². The van der Waals surface area contributed by atoms with Gasteiger partial charge in [-0.05, 0) is 24.3 Å². The Kier molecular flexibility index (Phi) is 4.41. The Labute approximate surface area is 131 Å². The highest BCUT2D eigenvalue weighted by Gasteiger charge is 2.23. The number of nitrogens with one attached hydrogen (secondary N) is 1. The van der Waals surface area contributed by atoms with Crippen LogP contribution in [0.25, 0.3) is 0 Å². The molecule has 110 valence electrons. The maximum Gasteiger partial charge on any atom is 0.337 e. The fourth-order valence-electron chi connectivity index (χ4n) is 1.63. The molecule has 8 heteroatoms. The van der Waals surface area contributed by atoms with Crippen molar-refractivity contribution in [2.45, 2.75) is 4.90 Å². The van der Waals surface area contributed by atoms with E-state index < -0.39 is 25.9 Å². The van der Waals surface area contributed by atoms with E-state index in [9.17, 15) is 13.2 Å². The van der Waals surface area contributed by atoms with Crippen molar-refractivity contribution in [3.05, 3.63) is 58.1 Å². The number of para-hydroxylation sites is 1. The highest BCUT2D eigenvalue weighted by Crippen LogP contribution is 2.30. The zero-order valence-electron chi connectivity index (χ0n) is 10.4. The predicted octanol–water partition coefficient (Wildman–Crippen LogP) is 3.49. The van der Waals surface area contributed by atoms with Crippen LogP contribution in [0, 0.1) is 0 Å². The minimum Gasteiger partial charge on any atom is -0.478 e. The molecule has 0 saturated heterocycles. The number of carboxylic acid groups (broad SMARTS) is 1. The van der Waals surface area contributed by atoms with E-state index in [4.69, 9.17) is 28.3 Å². The van der Waals surface area contributed by atoms with E-state index in [0.717, 1.165) is 12.1 Å². The van der Waals surface area contributed by atoms with E-state index in [1.807, 2.05) is 0 Å². The Bertz CT molecular complexity index is 791. The van der Waals surface area contributed by atoms with Gasteiger partial charge in [-0.15, -0.1) is 0 Å². The molecule has 0 saturated carbocycles. The number of carbonyl (C=O) groups is 1. The molecule has 0 bridgehead atoms. The maximum atomic E-state index is 12.3. The molecule has 0 aliphatic carbocycles. The SMILES string of the molecule is O=C(O)c1cc(Cl)cc(S(=O)(=O)Nc2ccccc2)c1Cl. The molecule has 2 aromatic rings. The maximum absolute atomic E-state index is 12.3. The molecular formula is C13H9Cl2NO4S. The number of hydrogen-bond acceptors (Lipinski definition) is 3. The van der Waals surface area contributed by atoms with Crippen LogP contribution >= 0.6 is 23.2 Å². The second-order valence-corrected chi connectivity index (χ2v) is 6.51. The summed E-state index contributed by atoms with van der Waals surface area (Å²) in [4.78, 5) is 10.7. The lowest BCUT2D eigenvalue weighted by Crippen LogP contribution is -2.15. The molecule has 0 radical (unpaired) electrons. The van der Waals surface area contributed by atoms with Crippen LogP contribution in [0.5, 0.6) is 0 Å². The molecule has 0 aliphatic heterocycles. The second kappa shape index (κ2) is 5.93. The van der Waals surface area contributed by atoms with Crippen molar-refractivity contribution in [3.63, 3.8) is 0 Å². The molecule has 2 aromatic carbocycles. The number of halogens is 2. The van der Waals surface area contributed by atoms with Crippen molar-refractivity contribution in [1.29, 1.82) is 0 Å². The smallest absolute Gasteiger partial charge is 0.337 e. The molecule has 0 unspecified atom stereocenters. The minimum absolute atomic E-state index is 0.0368. The molecule has 5 nitrogen and oxygen atoms in total. The molecule has 0 atom stereocenters. The van der Waals surface area contributed by atoms with Gasteiger partial charge in [0.15, 0.2) is 0 Å². The topological polar surface area (TPSA) is 83.5 Å². The Morgan fingerprint density at radius 3 is 2.29 bits per heavy atom. The van der Waals surface area contributed by atoms with Crippen molar-refractivity contribution >= 4 is 44.9 Å². The summed E-state index contributed by atoms with van der Waals surface area (Å²) in [6.07, 6.45) is 0. The van der Waals surface area contributed by atoms with E-state index in [-0.39, 0.29) is 10.6 Å². The largest absolute Gasteiger partial charge is 0.478 e. The molecular weight excluding hydrogens is 337 g/mol. The number of sulfonamides is 1. The number of anilines is 1. The average Bonchev–Trinajstić information content (AvgIpc) is 2.41. The lowest BCUT2D eigenvalue weighted by Gasteiger charge is -2.11. The highest BCUT2D eigenvalue weighted by molar-refractivity contribution is 7.92. The number of benzene rings is 2. The van der Waals surface area contributed by atoms with Gasteiger partial charge in [0.1, 0.15) is 4.90 Å². The first kappa shape index (κ1) is 15.6. The first-order chi connectivity index (χ1) is 9.81. The number of carboxylic acids is 1. The van der Waals surface area contributed by atoms with E-state index in [0.29, 0.717) is 5.69 Å². The van der Waals surface area contributed by atoms with E-state index in [1.54, 1.807) is 30.3 Å². The number of aromatic carboxylic acids is 1. The standard InChI is InChI=1S/C13H9Cl2NO4S/c14-8-6-10(13(17)18)12(15)11(7-8)21(19,20)16-9-4-2-1-3-5-9/h1-7,16H,(H,17,18). The fourth-order valence-corrected chi connectivity index (χ4v) is 3.59. The van der Waals surface area contributed by atoms with E-state index >= 15 is 0 Å². The molecule has 0 fully saturated rings. The Balaban J connectivity index is 2.53. The third-order valence-corrected chi connectivity index (χ3v) is 4.69. The minimum atomic E-state index is -4.05. The third-order valence-electron chi connectivity index (χ3n) is 2.55. The number of rotatable bonds is 4. The zero-order valence-corrected chi connectivity index (χ0v) is 12.7. The summed E-state index contributed by atoms with van der Waals surface area (Å²) >= 11 is 11.6. The quantitative estimate of drug-likeness (QED) is 0.888. The van der Waals surface area contributed by atoms with E-state index in [2.05, 4.69) is 4.72 Å². The van der Waals surface area contributed by atoms with Gasteiger partial charge in [-0.2, -0.15) is 0 Å². The molecule has 0 aromatic heterocycles. The summed E-state index contributed by atoms with van der Waals surface area (Å²) in [7, 11) is -4.05. The Morgan fingerprint density at radius 2 is 1.71 bits per heavy atom. The summed E-state index contributed by atoms with van der Waals surface area (Å²) in [5.74, 6) is -1.36. The van der Waals surface area contributed by atoms with Crippen molar-refractivity contribution in [2.75, 3.05) is 4.72 Å². The Morgan fingerprint density at radius 1 is 1.10 bits per heavy atom. The van der Waals surface area contributed by atoms with Crippen molar-refractivity contribution in [3.8, 4) is 0 Å². The number of hydrogen-bond donors (Lipinski definition) is 2. The van der Waals surface area contributed by atoms with Crippen LogP contribution in [-0.2, 0) is 10.0 Å². The monoisotopic (exact) mass is 345 g/mol. The van der Waals surface area contributed by atoms with Gasteiger partial charge in [0.05, 0.1) is 10.6 Å². The third kappa shape index (κ3) is 3.47. The normalized spacial score (nSPS) is 11.1. The van der Waals surface area contributed by atoms with Crippen molar-refractivity contribution < 1.29 is 18.3 Å². The van der Waals surface area contributed by atoms with Gasteiger partial charge in [0.2, 0.25) is 0 Å². The molecule has 2 N–H and O–H groups in total. The van der Waals surface area contributed by atoms with Crippen LogP contribution in [0.15, 0.2) is 47.4 Å². The Hall–Kier alpha value is -1.76. The molecule has 0 spiro atoms. The summed E-state index contributed by atoms with van der Waals surface area (Å²) in [5.41, 5.74) is -0.0528. The van der Waals surface area contributed by atoms with Crippen LogP contribution in [0.4, 0.5) is 5.69 Å². The summed E-state index contributed by atoms with van der Waals surface area (Å²) in [6, 6.07) is 10.3. The zero-order chi connectivity index (χ0) is 15.6. The molecule has 0 heterocycles. The molecule has 0 aliphatic rings. The first-order valence-corrected chi connectivity index (χ1v) is 7.85. The van der Waals surface area contributed by atoms with Gasteiger partial charge < -0.3 is 5.11 Å². The first-order valence-electron chi connectivity index (χ1n) is 5.61. The summed E-state index contributed by atoms with van der Waals surface area (Å²) in [5, 5.41) is 8.58. The molecule has 2 rings (SSSR count).